The van der Waals surface area contributed by atoms with Gasteiger partial charge in [-0.15, -0.1) is 0 Å². The monoisotopic (exact) mass is 213 g/mol. The van der Waals surface area contributed by atoms with Gasteiger partial charge in [0.2, 0.25) is 5.91 Å². The smallest absolute Gasteiger partial charge is 0.325 e. The Morgan fingerprint density at radius 3 is 2.80 bits per heavy atom. The third-order valence-corrected chi connectivity index (χ3v) is 2.45. The van der Waals surface area contributed by atoms with Crippen molar-refractivity contribution in [3.63, 3.8) is 0 Å². The SMILES string of the molecule is CC(C)CCOC(=O)CN1CCCC1=O. The van der Waals surface area contributed by atoms with E-state index in [0.29, 0.717) is 25.5 Å². The molecule has 1 aliphatic heterocycles. The lowest BCUT2D eigenvalue weighted by molar-refractivity contribution is -0.148. The molecule has 0 aromatic heterocycles. The van der Waals surface area contributed by atoms with Crippen molar-refractivity contribution in [1.29, 1.82) is 0 Å². The Kier molecular flexibility index (Phi) is 4.59. The van der Waals surface area contributed by atoms with Gasteiger partial charge in [-0.3, -0.25) is 9.59 Å². The quantitative estimate of drug-likeness (QED) is 0.645. The third kappa shape index (κ3) is 4.32. The number of carbonyl (C=O) groups excluding carboxylic acids is 2. The molecule has 15 heavy (non-hydrogen) atoms. The standard InChI is InChI=1S/C11H19NO3/c1-9(2)5-7-15-11(14)8-12-6-3-4-10(12)13/h9H,3-8H2,1-2H3. The fourth-order valence-corrected chi connectivity index (χ4v) is 1.48. The molecule has 86 valence electrons. The van der Waals surface area contributed by atoms with Crippen LogP contribution in [0.2, 0.25) is 0 Å². The van der Waals surface area contributed by atoms with Crippen LogP contribution < -0.4 is 0 Å². The van der Waals surface area contributed by atoms with Crippen LogP contribution in [0.25, 0.3) is 0 Å². The Morgan fingerprint density at radius 2 is 2.27 bits per heavy atom. The highest BCUT2D eigenvalue weighted by molar-refractivity contribution is 5.83. The van der Waals surface area contributed by atoms with Crippen LogP contribution in [0.3, 0.4) is 0 Å². The lowest BCUT2D eigenvalue weighted by Gasteiger charge is -2.14. The van der Waals surface area contributed by atoms with E-state index in [-0.39, 0.29) is 18.4 Å². The summed E-state index contributed by atoms with van der Waals surface area (Å²) in [6.07, 6.45) is 2.30. The van der Waals surface area contributed by atoms with Crippen molar-refractivity contribution >= 4 is 11.9 Å². The fourth-order valence-electron chi connectivity index (χ4n) is 1.48. The van der Waals surface area contributed by atoms with Crippen LogP contribution in [0.5, 0.6) is 0 Å². The Morgan fingerprint density at radius 1 is 1.53 bits per heavy atom. The van der Waals surface area contributed by atoms with Crippen LogP contribution in [0, 0.1) is 5.92 Å². The molecule has 0 spiro atoms. The zero-order valence-electron chi connectivity index (χ0n) is 9.49. The van der Waals surface area contributed by atoms with Crippen LogP contribution in [0.15, 0.2) is 0 Å². The van der Waals surface area contributed by atoms with E-state index in [2.05, 4.69) is 13.8 Å². The molecule has 1 aliphatic rings. The van der Waals surface area contributed by atoms with E-state index in [1.54, 1.807) is 4.90 Å². The van der Waals surface area contributed by atoms with Gasteiger partial charge in [0.25, 0.3) is 0 Å². The van der Waals surface area contributed by atoms with E-state index in [1.807, 2.05) is 0 Å². The van der Waals surface area contributed by atoms with E-state index in [9.17, 15) is 9.59 Å². The zero-order valence-corrected chi connectivity index (χ0v) is 9.49. The number of carbonyl (C=O) groups is 2. The van der Waals surface area contributed by atoms with Gasteiger partial charge in [0, 0.05) is 13.0 Å². The zero-order chi connectivity index (χ0) is 11.3. The second kappa shape index (κ2) is 5.73. The Balaban J connectivity index is 2.15. The first kappa shape index (κ1) is 12.0. The molecule has 4 heteroatoms. The maximum absolute atomic E-state index is 11.3. The van der Waals surface area contributed by atoms with Gasteiger partial charge in [-0.05, 0) is 18.8 Å². The first-order valence-electron chi connectivity index (χ1n) is 5.53. The van der Waals surface area contributed by atoms with Crippen LogP contribution >= 0.6 is 0 Å². The first-order valence-corrected chi connectivity index (χ1v) is 5.53. The van der Waals surface area contributed by atoms with Gasteiger partial charge in [0.05, 0.1) is 6.61 Å². The number of likely N-dealkylation sites (tertiary alicyclic amines) is 1. The summed E-state index contributed by atoms with van der Waals surface area (Å²) in [6, 6.07) is 0. The number of esters is 1. The number of hydrogen-bond acceptors (Lipinski definition) is 3. The molecule has 0 aromatic rings. The molecule has 0 radical (unpaired) electrons. The minimum absolute atomic E-state index is 0.0656. The van der Waals surface area contributed by atoms with Gasteiger partial charge < -0.3 is 9.64 Å². The maximum atomic E-state index is 11.3. The molecule has 1 rings (SSSR count). The largest absolute Gasteiger partial charge is 0.464 e. The number of rotatable bonds is 5. The highest BCUT2D eigenvalue weighted by atomic mass is 16.5. The van der Waals surface area contributed by atoms with Gasteiger partial charge in [0.15, 0.2) is 0 Å². The van der Waals surface area contributed by atoms with Crippen LogP contribution in [-0.4, -0.2) is 36.5 Å². The summed E-state index contributed by atoms with van der Waals surface area (Å²) >= 11 is 0. The molecule has 0 N–H and O–H groups in total. The molecular formula is C11H19NO3. The van der Waals surface area contributed by atoms with Gasteiger partial charge in [-0.2, -0.15) is 0 Å². The third-order valence-electron chi connectivity index (χ3n) is 2.45. The molecule has 1 saturated heterocycles. The Hall–Kier alpha value is -1.06. The molecule has 0 saturated carbocycles. The first-order chi connectivity index (χ1) is 7.09. The highest BCUT2D eigenvalue weighted by Gasteiger charge is 2.22. The molecule has 1 fully saturated rings. The summed E-state index contributed by atoms with van der Waals surface area (Å²) in [5, 5.41) is 0. The summed E-state index contributed by atoms with van der Waals surface area (Å²) in [5.41, 5.74) is 0. The van der Waals surface area contributed by atoms with E-state index < -0.39 is 0 Å². The fraction of sp³-hybridized carbons (Fsp3) is 0.818. The number of nitrogens with zero attached hydrogens (tertiary/aromatic N) is 1. The molecule has 0 aliphatic carbocycles. The predicted molar refractivity (Wildman–Crippen MR) is 56.2 cm³/mol. The molecule has 1 amide bonds. The molecule has 4 nitrogen and oxygen atoms in total. The van der Waals surface area contributed by atoms with Crippen molar-refractivity contribution in [2.75, 3.05) is 19.7 Å². The van der Waals surface area contributed by atoms with Crippen molar-refractivity contribution in [3.8, 4) is 0 Å². The summed E-state index contributed by atoms with van der Waals surface area (Å²) in [6.45, 7) is 5.43. The van der Waals surface area contributed by atoms with E-state index >= 15 is 0 Å². The van der Waals surface area contributed by atoms with Crippen molar-refractivity contribution in [2.24, 2.45) is 5.92 Å². The van der Waals surface area contributed by atoms with Crippen molar-refractivity contribution in [2.45, 2.75) is 33.1 Å². The summed E-state index contributed by atoms with van der Waals surface area (Å²) in [5.74, 6) is 0.313. The molecule has 0 bridgehead atoms. The average molecular weight is 213 g/mol. The van der Waals surface area contributed by atoms with E-state index in [4.69, 9.17) is 4.74 Å². The molecule has 1 heterocycles. The normalized spacial score (nSPS) is 16.2. The van der Waals surface area contributed by atoms with Crippen molar-refractivity contribution < 1.29 is 14.3 Å². The number of amides is 1. The van der Waals surface area contributed by atoms with Gasteiger partial charge in [-0.1, -0.05) is 13.8 Å². The summed E-state index contributed by atoms with van der Waals surface area (Å²) in [7, 11) is 0. The van der Waals surface area contributed by atoms with Crippen LogP contribution in [0.1, 0.15) is 33.1 Å². The lowest BCUT2D eigenvalue weighted by atomic mass is 10.1. The maximum Gasteiger partial charge on any atom is 0.325 e. The van der Waals surface area contributed by atoms with Gasteiger partial charge in [0.1, 0.15) is 6.54 Å². The van der Waals surface area contributed by atoms with Crippen molar-refractivity contribution in [3.05, 3.63) is 0 Å². The second-order valence-corrected chi connectivity index (χ2v) is 4.32. The molecule has 0 aromatic carbocycles. The lowest BCUT2D eigenvalue weighted by Crippen LogP contribution is -2.32. The predicted octanol–water partition coefficient (Wildman–Crippen LogP) is 1.20. The average Bonchev–Trinajstić information content (AvgIpc) is 2.51. The van der Waals surface area contributed by atoms with Crippen molar-refractivity contribution in [1.82, 2.24) is 4.90 Å². The topological polar surface area (TPSA) is 46.6 Å². The molecule has 0 atom stereocenters. The number of hydrogen-bond donors (Lipinski definition) is 0. The number of ether oxygens (including phenoxy) is 1. The van der Waals surface area contributed by atoms with Crippen LogP contribution in [0.4, 0.5) is 0 Å². The summed E-state index contributed by atoms with van der Waals surface area (Å²) in [4.78, 5) is 24.1. The summed E-state index contributed by atoms with van der Waals surface area (Å²) < 4.78 is 5.03. The second-order valence-electron chi connectivity index (χ2n) is 4.32. The Bertz CT molecular complexity index is 238. The molecular weight excluding hydrogens is 194 g/mol. The Labute approximate surface area is 90.6 Å². The highest BCUT2D eigenvalue weighted by Crippen LogP contribution is 2.09. The van der Waals surface area contributed by atoms with Gasteiger partial charge >= 0.3 is 5.97 Å². The van der Waals surface area contributed by atoms with Gasteiger partial charge in [-0.25, -0.2) is 0 Å². The van der Waals surface area contributed by atoms with Crippen LogP contribution in [-0.2, 0) is 14.3 Å². The molecule has 0 unspecified atom stereocenters. The van der Waals surface area contributed by atoms with E-state index in [0.717, 1.165) is 12.8 Å². The van der Waals surface area contributed by atoms with E-state index in [1.165, 1.54) is 0 Å². The minimum atomic E-state index is -0.286. The minimum Gasteiger partial charge on any atom is -0.464 e.